The maximum absolute atomic E-state index is 11.4. The van der Waals surface area contributed by atoms with Crippen LogP contribution in [-0.2, 0) is 10.1 Å². The second-order valence-corrected chi connectivity index (χ2v) is 6.35. The second kappa shape index (κ2) is 6.83. The molecule has 2 rings (SSSR count). The zero-order chi connectivity index (χ0) is 18.8. The molecule has 0 bridgehead atoms. The highest BCUT2D eigenvalue weighted by Gasteiger charge is 2.20. The minimum absolute atomic E-state index is 0.247. The Kier molecular flexibility index (Phi) is 4.99. The Morgan fingerprint density at radius 1 is 1.20 bits per heavy atom. The van der Waals surface area contributed by atoms with Gasteiger partial charge >= 0.3 is 0 Å². The number of nitrogens with two attached hydrogens (primary N) is 1. The molecule has 0 aromatic heterocycles. The summed E-state index contributed by atoms with van der Waals surface area (Å²) < 4.78 is 37.2. The van der Waals surface area contributed by atoms with Crippen molar-refractivity contribution in [1.29, 1.82) is 0 Å². The van der Waals surface area contributed by atoms with Crippen LogP contribution >= 0.6 is 0 Å². The van der Waals surface area contributed by atoms with E-state index < -0.39 is 25.6 Å². The van der Waals surface area contributed by atoms with Crippen molar-refractivity contribution in [2.75, 3.05) is 12.8 Å². The maximum atomic E-state index is 11.4. The predicted octanol–water partition coefficient (Wildman–Crippen LogP) is 3.16. The van der Waals surface area contributed by atoms with E-state index in [1.54, 1.807) is 13.0 Å². The van der Waals surface area contributed by atoms with E-state index in [4.69, 9.17) is 10.5 Å². The van der Waals surface area contributed by atoms with Crippen LogP contribution in [0.4, 0.5) is 22.7 Å². The highest BCUT2D eigenvalue weighted by Crippen LogP contribution is 2.34. The number of methoxy groups -OCH3 is 1. The van der Waals surface area contributed by atoms with Crippen molar-refractivity contribution in [3.63, 3.8) is 0 Å². The van der Waals surface area contributed by atoms with Gasteiger partial charge in [-0.15, -0.1) is 5.11 Å². The second-order valence-electron chi connectivity index (χ2n) is 4.96. The highest BCUT2D eigenvalue weighted by atomic mass is 32.2. The van der Waals surface area contributed by atoms with Crippen LogP contribution in [0.2, 0.25) is 0 Å². The van der Waals surface area contributed by atoms with Crippen molar-refractivity contribution < 1.29 is 22.6 Å². The minimum Gasteiger partial charge on any atom is -0.495 e. The van der Waals surface area contributed by atoms with E-state index in [0.29, 0.717) is 28.8 Å². The number of hydrogen-bond donors (Lipinski definition) is 2. The Hall–Kier alpha value is -3.05. The molecule has 0 atom stereocenters. The first-order valence-corrected chi connectivity index (χ1v) is 8.19. The molecule has 0 aliphatic carbocycles. The van der Waals surface area contributed by atoms with E-state index in [1.807, 2.05) is 0 Å². The van der Waals surface area contributed by atoms with Crippen LogP contribution in [0.1, 0.15) is 5.56 Å². The average molecular weight is 366 g/mol. The van der Waals surface area contributed by atoms with Crippen LogP contribution < -0.4 is 10.5 Å². The third-order valence-corrected chi connectivity index (χ3v) is 4.13. The van der Waals surface area contributed by atoms with Crippen molar-refractivity contribution in [3.05, 3.63) is 46.0 Å². The van der Waals surface area contributed by atoms with E-state index >= 15 is 0 Å². The molecule has 3 N–H and O–H groups in total. The lowest BCUT2D eigenvalue weighted by Gasteiger charge is -2.07. The number of anilines is 1. The molecule has 2 aromatic rings. The molecule has 0 fully saturated rings. The molecule has 0 heterocycles. The Morgan fingerprint density at radius 3 is 2.40 bits per heavy atom. The number of rotatable bonds is 5. The zero-order valence-corrected chi connectivity index (χ0v) is 14.0. The topological polar surface area (TPSA) is 157 Å². The molecule has 0 unspecified atom stereocenters. The molecule has 10 nitrogen and oxygen atoms in total. The lowest BCUT2D eigenvalue weighted by molar-refractivity contribution is -0.385. The van der Waals surface area contributed by atoms with Gasteiger partial charge in [0.05, 0.1) is 23.4 Å². The van der Waals surface area contributed by atoms with Crippen LogP contribution in [-0.4, -0.2) is 25.0 Å². The first-order chi connectivity index (χ1) is 11.6. The maximum Gasteiger partial charge on any atom is 0.297 e. The van der Waals surface area contributed by atoms with E-state index in [1.165, 1.54) is 13.2 Å². The molecule has 0 spiro atoms. The van der Waals surface area contributed by atoms with Crippen LogP contribution in [0.5, 0.6) is 5.75 Å². The molecule has 0 radical (unpaired) electrons. The molecule has 25 heavy (non-hydrogen) atoms. The van der Waals surface area contributed by atoms with Crippen molar-refractivity contribution in [2.45, 2.75) is 11.8 Å². The van der Waals surface area contributed by atoms with Gasteiger partial charge < -0.3 is 10.5 Å². The summed E-state index contributed by atoms with van der Waals surface area (Å²) in [6, 6.07) is 5.95. The van der Waals surface area contributed by atoms with E-state index in [9.17, 15) is 23.1 Å². The van der Waals surface area contributed by atoms with Gasteiger partial charge in [0.2, 0.25) is 0 Å². The Labute approximate surface area is 142 Å². The number of nitrogen functional groups attached to an aromatic ring is 1. The summed E-state index contributed by atoms with van der Waals surface area (Å²) in [6.45, 7) is 1.71. The van der Waals surface area contributed by atoms with E-state index in [0.717, 1.165) is 12.1 Å². The summed E-state index contributed by atoms with van der Waals surface area (Å²) in [5.41, 5.74) is 6.41. The molecule has 2 aromatic carbocycles. The quantitative estimate of drug-likeness (QED) is 0.270. The molecule has 0 amide bonds. The summed E-state index contributed by atoms with van der Waals surface area (Å²) >= 11 is 0. The Bertz CT molecular complexity index is 972. The van der Waals surface area contributed by atoms with Crippen molar-refractivity contribution >= 4 is 32.9 Å². The monoisotopic (exact) mass is 366 g/mol. The van der Waals surface area contributed by atoms with Crippen LogP contribution in [0, 0.1) is 17.0 Å². The van der Waals surface area contributed by atoms with Crippen molar-refractivity contribution in [3.8, 4) is 5.75 Å². The van der Waals surface area contributed by atoms with Gasteiger partial charge in [-0.3, -0.25) is 14.7 Å². The molecular weight excluding hydrogens is 352 g/mol. The highest BCUT2D eigenvalue weighted by molar-refractivity contribution is 7.86. The molecule has 0 aliphatic heterocycles. The predicted molar refractivity (Wildman–Crippen MR) is 89.2 cm³/mol. The van der Waals surface area contributed by atoms with Gasteiger partial charge in [-0.05, 0) is 24.6 Å². The zero-order valence-electron chi connectivity index (χ0n) is 13.2. The standard InChI is InChI=1S/C14H14N4O6S/c1-8-5-10(15)13(24-2)7-12(8)17-16-11-4-3-9(18(19)20)6-14(11)25(21,22)23/h3-7H,15H2,1-2H3,(H,21,22,23)/b17-16+. The third kappa shape index (κ3) is 4.08. The summed E-state index contributed by atoms with van der Waals surface area (Å²) in [7, 11) is -3.30. The van der Waals surface area contributed by atoms with Crippen LogP contribution in [0.15, 0.2) is 45.5 Å². The van der Waals surface area contributed by atoms with Gasteiger partial charge in [-0.2, -0.15) is 13.5 Å². The number of nitro groups is 1. The number of ether oxygens (including phenoxy) is 1. The fraction of sp³-hybridized carbons (Fsp3) is 0.143. The van der Waals surface area contributed by atoms with Gasteiger partial charge in [0.25, 0.3) is 15.8 Å². The summed E-state index contributed by atoms with van der Waals surface area (Å²) in [4.78, 5) is 9.26. The molecule has 0 aliphatic rings. The third-order valence-electron chi connectivity index (χ3n) is 3.25. The van der Waals surface area contributed by atoms with E-state index in [2.05, 4.69) is 10.2 Å². The fourth-order valence-corrected chi connectivity index (χ4v) is 2.64. The number of azo groups is 1. The SMILES string of the molecule is COc1cc(/N=N/c2ccc([N+](=O)[O-])cc2S(=O)(=O)O)c(C)cc1N. The first-order valence-electron chi connectivity index (χ1n) is 6.75. The smallest absolute Gasteiger partial charge is 0.297 e. The number of non-ortho nitro benzene ring substituents is 1. The largest absolute Gasteiger partial charge is 0.495 e. The number of hydrogen-bond acceptors (Lipinski definition) is 8. The Balaban J connectivity index is 2.54. The molecule has 0 saturated carbocycles. The summed E-state index contributed by atoms with van der Waals surface area (Å²) in [5, 5.41) is 18.5. The molecule has 132 valence electrons. The number of nitrogens with zero attached hydrogens (tertiary/aromatic N) is 3. The van der Waals surface area contributed by atoms with Crippen molar-refractivity contribution in [1.82, 2.24) is 0 Å². The van der Waals surface area contributed by atoms with E-state index in [-0.39, 0.29) is 5.69 Å². The number of benzene rings is 2. The van der Waals surface area contributed by atoms with Gasteiger partial charge in [0, 0.05) is 18.2 Å². The average Bonchev–Trinajstić information content (AvgIpc) is 2.53. The van der Waals surface area contributed by atoms with Crippen LogP contribution in [0.25, 0.3) is 0 Å². The molecule has 11 heteroatoms. The Morgan fingerprint density at radius 2 is 1.84 bits per heavy atom. The lowest BCUT2D eigenvalue weighted by Crippen LogP contribution is -2.00. The van der Waals surface area contributed by atoms with Gasteiger partial charge in [-0.25, -0.2) is 0 Å². The molecule has 0 saturated heterocycles. The summed E-state index contributed by atoms with van der Waals surface area (Å²) in [6.07, 6.45) is 0. The fourth-order valence-electron chi connectivity index (χ4n) is 2.00. The van der Waals surface area contributed by atoms with Gasteiger partial charge in [0.1, 0.15) is 16.3 Å². The van der Waals surface area contributed by atoms with Gasteiger partial charge in [-0.1, -0.05) is 0 Å². The van der Waals surface area contributed by atoms with Gasteiger partial charge in [0.15, 0.2) is 0 Å². The minimum atomic E-state index is -4.73. The van der Waals surface area contributed by atoms with Crippen molar-refractivity contribution in [2.24, 2.45) is 10.2 Å². The number of aryl methyl sites for hydroxylation is 1. The lowest BCUT2D eigenvalue weighted by atomic mass is 10.1. The van der Waals surface area contributed by atoms with Crippen LogP contribution in [0.3, 0.4) is 0 Å². The number of nitro benzene ring substituents is 1. The first kappa shape index (κ1) is 18.3. The summed E-state index contributed by atoms with van der Waals surface area (Å²) in [5.74, 6) is 0.359. The normalized spacial score (nSPS) is 11.6. The molecular formula is C14H14N4O6S.